The van der Waals surface area contributed by atoms with E-state index in [9.17, 15) is 24.3 Å². The molecule has 0 aliphatic carbocycles. The first-order valence-electron chi connectivity index (χ1n) is 16.0. The SMILES string of the molecule is CC[C@@H](CO)N1C(=O)[C@@H]2[C@H]3C(=O)N[C@@H](c4ccccc4)COC(=O)CC/C=C\CN(c4cc(C)ccc4C)C(=O)[C@@H]1[C@]21C=C[C@H]3O1. The lowest BCUT2D eigenvalue weighted by molar-refractivity contribution is -0.146. The van der Waals surface area contributed by atoms with Crippen molar-refractivity contribution in [2.75, 3.05) is 24.7 Å². The first-order chi connectivity index (χ1) is 22.2. The number of likely N-dealkylation sites (tertiary alicyclic amines) is 1. The maximum atomic E-state index is 15.0. The molecule has 242 valence electrons. The Labute approximate surface area is 269 Å². The minimum absolute atomic E-state index is 0.0772. The van der Waals surface area contributed by atoms with Crippen molar-refractivity contribution in [3.63, 3.8) is 0 Å². The highest BCUT2D eigenvalue weighted by Gasteiger charge is 2.73. The normalized spacial score (nSPS) is 31.1. The second-order valence-corrected chi connectivity index (χ2v) is 12.6. The van der Waals surface area contributed by atoms with Crippen LogP contribution in [0.3, 0.4) is 0 Å². The van der Waals surface area contributed by atoms with Gasteiger partial charge in [-0.15, -0.1) is 0 Å². The number of hydrogen-bond donors (Lipinski definition) is 2. The van der Waals surface area contributed by atoms with Gasteiger partial charge in [-0.05, 0) is 49.4 Å². The number of rotatable bonds is 5. The Morgan fingerprint density at radius 1 is 1.04 bits per heavy atom. The van der Waals surface area contributed by atoms with Crippen molar-refractivity contribution < 1.29 is 33.8 Å². The summed E-state index contributed by atoms with van der Waals surface area (Å²) in [5.41, 5.74) is 1.87. The zero-order chi connectivity index (χ0) is 32.6. The summed E-state index contributed by atoms with van der Waals surface area (Å²) in [5.74, 6) is -3.51. The molecule has 5 bridgehead atoms. The number of benzene rings is 2. The zero-order valence-corrected chi connectivity index (χ0v) is 26.4. The van der Waals surface area contributed by atoms with Crippen LogP contribution < -0.4 is 10.2 Å². The highest BCUT2D eigenvalue weighted by molar-refractivity contribution is 6.06. The largest absolute Gasteiger partial charge is 0.463 e. The van der Waals surface area contributed by atoms with Crippen LogP contribution in [0.25, 0.3) is 0 Å². The third-order valence-electron chi connectivity index (χ3n) is 9.74. The minimum Gasteiger partial charge on any atom is -0.463 e. The number of amides is 3. The third-order valence-corrected chi connectivity index (χ3v) is 9.74. The molecule has 10 nitrogen and oxygen atoms in total. The average molecular weight is 628 g/mol. The number of esters is 1. The maximum absolute atomic E-state index is 15.0. The summed E-state index contributed by atoms with van der Waals surface area (Å²) < 4.78 is 12.2. The smallest absolute Gasteiger partial charge is 0.306 e. The van der Waals surface area contributed by atoms with E-state index in [0.29, 0.717) is 18.5 Å². The molecule has 10 heteroatoms. The molecule has 3 amide bonds. The second-order valence-electron chi connectivity index (χ2n) is 12.6. The van der Waals surface area contributed by atoms with Crippen molar-refractivity contribution >= 4 is 29.4 Å². The number of aryl methyl sites for hydroxylation is 2. The number of carbonyl (C=O) groups is 4. The van der Waals surface area contributed by atoms with Gasteiger partial charge >= 0.3 is 5.97 Å². The molecule has 4 aliphatic heterocycles. The van der Waals surface area contributed by atoms with E-state index in [1.807, 2.05) is 81.5 Å². The molecular weight excluding hydrogens is 586 g/mol. The summed E-state index contributed by atoms with van der Waals surface area (Å²) in [6.07, 6.45) is 7.44. The highest BCUT2D eigenvalue weighted by Crippen LogP contribution is 2.56. The van der Waals surface area contributed by atoms with Crippen molar-refractivity contribution in [3.05, 3.63) is 89.5 Å². The number of nitrogens with one attached hydrogen (secondary N) is 1. The topological polar surface area (TPSA) is 125 Å². The molecule has 2 aromatic carbocycles. The number of ether oxygens (including phenoxy) is 2. The number of allylic oxidation sites excluding steroid dienone is 1. The van der Waals surface area contributed by atoms with Gasteiger partial charge in [-0.25, -0.2) is 0 Å². The fourth-order valence-corrected chi connectivity index (χ4v) is 7.38. The predicted molar refractivity (Wildman–Crippen MR) is 170 cm³/mol. The minimum atomic E-state index is -1.40. The molecule has 2 N–H and O–H groups in total. The number of aliphatic hydroxyl groups is 1. The summed E-state index contributed by atoms with van der Waals surface area (Å²) in [7, 11) is 0. The molecule has 2 fully saturated rings. The number of cyclic esters (lactones) is 1. The van der Waals surface area contributed by atoms with E-state index in [2.05, 4.69) is 5.32 Å². The first-order valence-corrected chi connectivity index (χ1v) is 16.0. The van der Waals surface area contributed by atoms with Crippen LogP contribution in [0.15, 0.2) is 72.8 Å². The van der Waals surface area contributed by atoms with Crippen molar-refractivity contribution in [2.45, 2.75) is 69.9 Å². The molecule has 0 saturated carbocycles. The van der Waals surface area contributed by atoms with Gasteiger partial charge in [-0.1, -0.05) is 73.7 Å². The first kappa shape index (κ1) is 31.7. The van der Waals surface area contributed by atoms with E-state index in [0.717, 1.165) is 16.7 Å². The standard InChI is InChI=1S/C36H41N3O7/c1-4-25(20-40)39-32-35(44)38(27-19-22(2)14-15-23(27)3)18-10-6-9-13-29(41)45-21-26(24-11-7-5-8-12-24)37-33(42)30-28-16-17-36(32,46-28)31(30)34(39)43/h5-8,10-12,14-17,19,25-26,28,30-32,40H,4,9,13,18,20-21H2,1-3H3,(H,37,42)/b10-6-/t25-,26+,28+,30-,31-,32+,36-/m0/s1. The fraction of sp³-hybridized carbons (Fsp3) is 0.444. The fourth-order valence-electron chi connectivity index (χ4n) is 7.38. The molecular formula is C36H41N3O7. The van der Waals surface area contributed by atoms with E-state index in [1.165, 1.54) is 4.90 Å². The van der Waals surface area contributed by atoms with Crippen LogP contribution in [0.4, 0.5) is 5.69 Å². The molecule has 4 heterocycles. The molecule has 6 rings (SSSR count). The molecule has 1 spiro atoms. The van der Waals surface area contributed by atoms with Crippen molar-refractivity contribution in [1.82, 2.24) is 10.2 Å². The van der Waals surface area contributed by atoms with Gasteiger partial charge in [0.05, 0.1) is 36.6 Å². The molecule has 2 aromatic rings. The van der Waals surface area contributed by atoms with Gasteiger partial charge in [0, 0.05) is 18.7 Å². The summed E-state index contributed by atoms with van der Waals surface area (Å²) in [6, 6.07) is 12.6. The quantitative estimate of drug-likeness (QED) is 0.385. The molecule has 0 unspecified atom stereocenters. The van der Waals surface area contributed by atoms with Crippen LogP contribution in [0.1, 0.15) is 48.9 Å². The zero-order valence-electron chi connectivity index (χ0n) is 26.4. The summed E-state index contributed by atoms with van der Waals surface area (Å²) in [5, 5.41) is 13.5. The Morgan fingerprint density at radius 3 is 2.57 bits per heavy atom. The molecule has 2 saturated heterocycles. The number of carbonyl (C=O) groups excluding carboxylic acids is 4. The Bertz CT molecular complexity index is 1570. The van der Waals surface area contributed by atoms with Gasteiger partial charge in [-0.2, -0.15) is 0 Å². The number of aliphatic hydroxyl groups excluding tert-OH is 1. The summed E-state index contributed by atoms with van der Waals surface area (Å²) >= 11 is 0. The van der Waals surface area contributed by atoms with Crippen LogP contribution in [0, 0.1) is 25.7 Å². The Morgan fingerprint density at radius 2 is 1.83 bits per heavy atom. The molecule has 4 aliphatic rings. The Hall–Kier alpha value is -4.28. The van der Waals surface area contributed by atoms with Crippen LogP contribution >= 0.6 is 0 Å². The van der Waals surface area contributed by atoms with Crippen molar-refractivity contribution in [2.24, 2.45) is 11.8 Å². The van der Waals surface area contributed by atoms with Gasteiger partial charge < -0.3 is 29.7 Å². The molecule has 7 atom stereocenters. The van der Waals surface area contributed by atoms with Gasteiger partial charge in [0.25, 0.3) is 5.91 Å². The lowest BCUT2D eigenvalue weighted by atomic mass is 9.74. The van der Waals surface area contributed by atoms with Crippen molar-refractivity contribution in [3.8, 4) is 0 Å². The van der Waals surface area contributed by atoms with Crippen LogP contribution in [-0.2, 0) is 28.7 Å². The van der Waals surface area contributed by atoms with E-state index >= 15 is 0 Å². The lowest BCUT2D eigenvalue weighted by Gasteiger charge is -2.39. The third kappa shape index (κ3) is 5.43. The Kier molecular flexibility index (Phi) is 8.85. The Balaban J connectivity index is 1.47. The lowest BCUT2D eigenvalue weighted by Crippen LogP contribution is -2.58. The highest BCUT2D eigenvalue weighted by atomic mass is 16.5. The summed E-state index contributed by atoms with van der Waals surface area (Å²) in [4.78, 5) is 59.5. The molecule has 46 heavy (non-hydrogen) atoms. The van der Waals surface area contributed by atoms with E-state index < -0.39 is 59.5 Å². The van der Waals surface area contributed by atoms with Gasteiger partial charge in [0.1, 0.15) is 18.2 Å². The van der Waals surface area contributed by atoms with Gasteiger partial charge in [0.15, 0.2) is 0 Å². The average Bonchev–Trinajstić information content (AvgIpc) is 3.70. The van der Waals surface area contributed by atoms with Gasteiger partial charge in [-0.3, -0.25) is 19.2 Å². The van der Waals surface area contributed by atoms with E-state index in [-0.39, 0.29) is 32.1 Å². The maximum Gasteiger partial charge on any atom is 0.306 e. The predicted octanol–water partition coefficient (Wildman–Crippen LogP) is 3.31. The monoisotopic (exact) mass is 627 g/mol. The van der Waals surface area contributed by atoms with Gasteiger partial charge in [0.2, 0.25) is 11.8 Å². The summed E-state index contributed by atoms with van der Waals surface area (Å²) in [6.45, 7) is 5.49. The number of hydrogen-bond acceptors (Lipinski definition) is 7. The van der Waals surface area contributed by atoms with Crippen molar-refractivity contribution in [1.29, 1.82) is 0 Å². The number of nitrogens with zero attached hydrogens (tertiary/aromatic N) is 2. The molecule has 0 aromatic heterocycles. The van der Waals surface area contributed by atoms with Crippen LogP contribution in [0.5, 0.6) is 0 Å². The number of anilines is 1. The number of fused-ring (bicyclic) bond motifs is 2. The van der Waals surface area contributed by atoms with E-state index in [4.69, 9.17) is 9.47 Å². The van der Waals surface area contributed by atoms with E-state index in [1.54, 1.807) is 17.1 Å². The van der Waals surface area contributed by atoms with Crippen LogP contribution in [0.2, 0.25) is 0 Å². The van der Waals surface area contributed by atoms with Crippen LogP contribution in [-0.4, -0.2) is 77.2 Å². The second kappa shape index (κ2) is 12.8. The molecule has 0 radical (unpaired) electrons.